The molecular weight excluding hydrogens is 407 g/mol. The Morgan fingerprint density at radius 2 is 2.19 bits per heavy atom. The van der Waals surface area contributed by atoms with Gasteiger partial charge in [0, 0.05) is 29.4 Å². The van der Waals surface area contributed by atoms with Crippen molar-refractivity contribution in [2.45, 2.75) is 0 Å². The van der Waals surface area contributed by atoms with Crippen molar-refractivity contribution in [2.75, 3.05) is 18.4 Å². The Bertz CT molecular complexity index is 1040. The highest BCUT2D eigenvalue weighted by molar-refractivity contribution is 9.10. The van der Waals surface area contributed by atoms with Crippen molar-refractivity contribution in [1.82, 2.24) is 25.2 Å². The fourth-order valence-electron chi connectivity index (χ4n) is 2.64. The Hall–Kier alpha value is -3.01. The predicted molar refractivity (Wildman–Crippen MR) is 96.1 cm³/mol. The van der Waals surface area contributed by atoms with Gasteiger partial charge in [-0.25, -0.2) is 28.8 Å². The van der Waals surface area contributed by atoms with E-state index in [9.17, 15) is 14.0 Å². The number of fused-ring (bicyclic) bond motifs is 1. The number of halogens is 2. The van der Waals surface area contributed by atoms with Gasteiger partial charge in [0.1, 0.15) is 11.6 Å². The lowest BCUT2D eigenvalue weighted by atomic mass is 10.1. The summed E-state index contributed by atoms with van der Waals surface area (Å²) in [6, 6.07) is 4.85. The first-order chi connectivity index (χ1) is 12.5. The maximum atomic E-state index is 14.3. The number of anilines is 1. The van der Waals surface area contributed by atoms with Gasteiger partial charge in [0.2, 0.25) is 0 Å². The van der Waals surface area contributed by atoms with E-state index < -0.39 is 17.9 Å². The Morgan fingerprint density at radius 1 is 1.35 bits per heavy atom. The Kier molecular flexibility index (Phi) is 4.03. The molecule has 0 radical (unpaired) electrons. The van der Waals surface area contributed by atoms with Crippen LogP contribution in [0.3, 0.4) is 0 Å². The van der Waals surface area contributed by atoms with Gasteiger partial charge in [-0.2, -0.15) is 0 Å². The van der Waals surface area contributed by atoms with Crippen molar-refractivity contribution >= 4 is 44.8 Å². The normalized spacial score (nSPS) is 13.9. The van der Waals surface area contributed by atoms with Crippen molar-refractivity contribution < 1.29 is 14.0 Å². The number of aromatic nitrogens is 3. The van der Waals surface area contributed by atoms with Crippen molar-refractivity contribution in [3.05, 3.63) is 40.8 Å². The number of nitrogens with one attached hydrogen (secondary N) is 3. The van der Waals surface area contributed by atoms with E-state index in [1.165, 1.54) is 18.2 Å². The topological polar surface area (TPSA) is 103 Å². The van der Waals surface area contributed by atoms with Crippen LogP contribution in [0.25, 0.3) is 22.6 Å². The molecule has 10 heteroatoms. The predicted octanol–water partition coefficient (Wildman–Crippen LogP) is 3.08. The largest absolute Gasteiger partial charge is 0.336 e. The van der Waals surface area contributed by atoms with E-state index in [2.05, 4.69) is 41.5 Å². The first kappa shape index (κ1) is 16.5. The monoisotopic (exact) mass is 418 g/mol. The van der Waals surface area contributed by atoms with Gasteiger partial charge in [-0.15, -0.1) is 0 Å². The molecule has 1 fully saturated rings. The minimum absolute atomic E-state index is 0.183. The highest BCUT2D eigenvalue weighted by Crippen LogP contribution is 2.26. The molecule has 3 N–H and O–H groups in total. The summed E-state index contributed by atoms with van der Waals surface area (Å²) in [5.74, 6) is -0.210. The summed E-state index contributed by atoms with van der Waals surface area (Å²) in [6.07, 6.45) is 1.60. The van der Waals surface area contributed by atoms with Crippen LogP contribution in [0, 0.1) is 5.82 Å². The number of amides is 4. The molecule has 132 valence electrons. The number of carbonyl (C=O) groups is 2. The average molecular weight is 419 g/mol. The van der Waals surface area contributed by atoms with Gasteiger partial charge in [0.05, 0.1) is 11.1 Å². The van der Waals surface area contributed by atoms with E-state index in [0.717, 1.165) is 9.37 Å². The molecule has 1 aromatic carbocycles. The summed E-state index contributed by atoms with van der Waals surface area (Å²) < 4.78 is 15.1. The number of hydrogen-bond acceptors (Lipinski definition) is 4. The zero-order valence-electron chi connectivity index (χ0n) is 13.2. The number of benzene rings is 1. The van der Waals surface area contributed by atoms with Gasteiger partial charge in [-0.3, -0.25) is 0 Å². The smallest absolute Gasteiger partial charge is 0.330 e. The lowest BCUT2D eigenvalue weighted by molar-refractivity contribution is 0.207. The first-order valence-electron chi connectivity index (χ1n) is 7.69. The number of aromatic amines is 1. The molecule has 0 aliphatic carbocycles. The average Bonchev–Trinajstić information content (AvgIpc) is 3.22. The quantitative estimate of drug-likeness (QED) is 0.594. The van der Waals surface area contributed by atoms with Crippen LogP contribution in [0.4, 0.5) is 19.7 Å². The highest BCUT2D eigenvalue weighted by Gasteiger charge is 2.26. The molecule has 1 aliphatic heterocycles. The second kappa shape index (κ2) is 6.37. The fourth-order valence-corrected chi connectivity index (χ4v) is 2.97. The maximum absolute atomic E-state index is 14.3. The van der Waals surface area contributed by atoms with Gasteiger partial charge in [-0.1, -0.05) is 0 Å². The number of urea groups is 2. The highest BCUT2D eigenvalue weighted by atomic mass is 79.9. The molecule has 0 atom stereocenters. The lowest BCUT2D eigenvalue weighted by Gasteiger charge is -2.14. The molecule has 3 heterocycles. The molecule has 0 unspecified atom stereocenters. The van der Waals surface area contributed by atoms with E-state index in [0.29, 0.717) is 23.4 Å². The van der Waals surface area contributed by atoms with Crippen molar-refractivity contribution in [1.29, 1.82) is 0 Å². The third-order valence-electron chi connectivity index (χ3n) is 3.88. The number of pyridine rings is 1. The third kappa shape index (κ3) is 2.99. The van der Waals surface area contributed by atoms with Crippen LogP contribution in [0.1, 0.15) is 0 Å². The fraction of sp³-hybridized carbons (Fsp3) is 0.125. The second-order valence-corrected chi connectivity index (χ2v) is 6.53. The summed E-state index contributed by atoms with van der Waals surface area (Å²) in [7, 11) is 0. The van der Waals surface area contributed by atoms with Gasteiger partial charge >= 0.3 is 12.1 Å². The van der Waals surface area contributed by atoms with E-state index in [1.54, 1.807) is 12.3 Å². The molecule has 0 spiro atoms. The molecule has 8 nitrogen and oxygen atoms in total. The number of H-pyrrole nitrogens is 1. The van der Waals surface area contributed by atoms with E-state index in [-0.39, 0.29) is 17.9 Å². The molecule has 26 heavy (non-hydrogen) atoms. The van der Waals surface area contributed by atoms with Gasteiger partial charge in [-0.05, 0) is 40.2 Å². The number of hydrogen-bond donors (Lipinski definition) is 3. The van der Waals surface area contributed by atoms with Crippen LogP contribution in [-0.2, 0) is 0 Å². The van der Waals surface area contributed by atoms with Crippen LogP contribution in [0.2, 0.25) is 0 Å². The molecule has 3 aromatic rings. The maximum Gasteiger partial charge on any atom is 0.330 e. The third-order valence-corrected chi connectivity index (χ3v) is 4.31. The van der Waals surface area contributed by atoms with E-state index in [1.807, 2.05) is 0 Å². The zero-order valence-corrected chi connectivity index (χ0v) is 14.8. The molecule has 4 rings (SSSR count). The second-order valence-electron chi connectivity index (χ2n) is 5.62. The van der Waals surface area contributed by atoms with Gasteiger partial charge in [0.15, 0.2) is 5.65 Å². The summed E-state index contributed by atoms with van der Waals surface area (Å²) in [6.45, 7) is 0.686. The molecule has 2 aromatic heterocycles. The first-order valence-corrected chi connectivity index (χ1v) is 8.48. The summed E-state index contributed by atoms with van der Waals surface area (Å²) in [5.41, 5.74) is 1.63. The van der Waals surface area contributed by atoms with Crippen LogP contribution < -0.4 is 10.6 Å². The summed E-state index contributed by atoms with van der Waals surface area (Å²) in [4.78, 5) is 36.2. The number of carbonyl (C=O) groups excluding carboxylic acids is 2. The van der Waals surface area contributed by atoms with Crippen LogP contribution in [0.15, 0.2) is 34.9 Å². The van der Waals surface area contributed by atoms with Crippen LogP contribution >= 0.6 is 15.9 Å². The number of imide groups is 1. The molecule has 4 amide bonds. The summed E-state index contributed by atoms with van der Waals surface area (Å²) >= 11 is 3.32. The molecule has 0 saturated carbocycles. The minimum atomic E-state index is -0.576. The van der Waals surface area contributed by atoms with E-state index in [4.69, 9.17) is 0 Å². The Labute approximate surface area is 154 Å². The summed E-state index contributed by atoms with van der Waals surface area (Å²) in [5, 5.41) is 5.13. The standard InChI is InChI=1S/C16H12BrFN6O2/c17-8-5-12-14(20-7-8)23-13(22-12)10-6-9(1-2-11(10)18)21-16(26)24-4-3-19-15(24)25/h1-2,5-7H,3-4H2,(H,19,25)(H,21,26)(H,20,22,23). The van der Waals surface area contributed by atoms with E-state index >= 15 is 0 Å². The minimum Gasteiger partial charge on any atom is -0.336 e. The molecule has 1 saturated heterocycles. The van der Waals surface area contributed by atoms with Crippen LogP contribution in [0.5, 0.6) is 0 Å². The van der Waals surface area contributed by atoms with Crippen molar-refractivity contribution in [2.24, 2.45) is 0 Å². The lowest BCUT2D eigenvalue weighted by Crippen LogP contribution is -2.37. The van der Waals surface area contributed by atoms with Crippen LogP contribution in [-0.4, -0.2) is 45.0 Å². The van der Waals surface area contributed by atoms with Crippen molar-refractivity contribution in [3.8, 4) is 11.4 Å². The molecular formula is C16H12BrFN6O2. The number of rotatable bonds is 2. The van der Waals surface area contributed by atoms with Gasteiger partial charge < -0.3 is 15.6 Å². The van der Waals surface area contributed by atoms with Crippen molar-refractivity contribution in [3.63, 3.8) is 0 Å². The molecule has 1 aliphatic rings. The Morgan fingerprint density at radius 3 is 2.96 bits per heavy atom. The molecule has 0 bridgehead atoms. The van der Waals surface area contributed by atoms with Gasteiger partial charge in [0.25, 0.3) is 0 Å². The number of nitrogens with zero attached hydrogens (tertiary/aromatic N) is 3. The SMILES string of the molecule is O=C1NCCN1C(=O)Nc1ccc(F)c(-c2nc3ncc(Br)cc3[nH]2)c1. The number of imidazole rings is 1. The Balaban J connectivity index is 1.65. The zero-order chi connectivity index (χ0) is 18.3.